The van der Waals surface area contributed by atoms with Crippen LogP contribution in [0.3, 0.4) is 0 Å². The van der Waals surface area contributed by atoms with Gasteiger partial charge in [0.15, 0.2) is 0 Å². The number of carboxylic acid groups (broad SMARTS) is 1. The van der Waals surface area contributed by atoms with E-state index < -0.39 is 37.2 Å². The van der Waals surface area contributed by atoms with E-state index in [0.717, 1.165) is 9.80 Å². The lowest BCUT2D eigenvalue weighted by Crippen LogP contribution is -2.47. The first kappa shape index (κ1) is 14.6. The third kappa shape index (κ3) is 3.78. The van der Waals surface area contributed by atoms with Gasteiger partial charge in [0.05, 0.1) is 6.42 Å². The number of hydrogen-bond acceptors (Lipinski definition) is 2. The average Bonchev–Trinajstić information content (AvgIpc) is 2.72. The minimum absolute atomic E-state index is 0.270. The molecule has 0 saturated carbocycles. The number of aliphatic carboxylic acids is 1. The van der Waals surface area contributed by atoms with Crippen LogP contribution < -0.4 is 0 Å². The number of carbonyl (C=O) groups excluding carboxylic acids is 1. The lowest BCUT2D eigenvalue weighted by Gasteiger charge is -2.27. The summed E-state index contributed by atoms with van der Waals surface area (Å²) in [5.41, 5.74) is 0. The topological polar surface area (TPSA) is 60.9 Å². The number of hydrogen-bond donors (Lipinski definition) is 1. The van der Waals surface area contributed by atoms with E-state index in [2.05, 4.69) is 0 Å². The van der Waals surface area contributed by atoms with Gasteiger partial charge >= 0.3 is 18.2 Å². The van der Waals surface area contributed by atoms with Crippen LogP contribution in [0.25, 0.3) is 0 Å². The van der Waals surface area contributed by atoms with Crippen LogP contribution in [0.15, 0.2) is 0 Å². The van der Waals surface area contributed by atoms with E-state index in [-0.39, 0.29) is 6.54 Å². The Balaban J connectivity index is 2.55. The summed E-state index contributed by atoms with van der Waals surface area (Å²) in [5.74, 6) is -1.12. The number of urea groups is 1. The van der Waals surface area contributed by atoms with Gasteiger partial charge in [-0.25, -0.2) is 9.59 Å². The Morgan fingerprint density at radius 3 is 2.56 bits per heavy atom. The molecule has 1 fully saturated rings. The SMILES string of the molecule is CN(CCC(F)(F)F)C(=O)N1CCCC1C(=O)O. The number of carbonyl (C=O) groups is 2. The molecule has 1 heterocycles. The fraction of sp³-hybridized carbons (Fsp3) is 0.800. The second-order valence-corrected chi connectivity index (χ2v) is 4.26. The first-order valence-corrected chi connectivity index (χ1v) is 5.53. The zero-order valence-electron chi connectivity index (χ0n) is 9.90. The molecule has 2 amide bonds. The van der Waals surface area contributed by atoms with Crippen LogP contribution in [0.2, 0.25) is 0 Å². The van der Waals surface area contributed by atoms with Crippen molar-refractivity contribution in [2.75, 3.05) is 20.1 Å². The third-order valence-electron chi connectivity index (χ3n) is 2.84. The summed E-state index contributed by atoms with van der Waals surface area (Å²) in [6.07, 6.45) is -4.53. The van der Waals surface area contributed by atoms with E-state index in [9.17, 15) is 22.8 Å². The molecule has 1 aliphatic heterocycles. The zero-order chi connectivity index (χ0) is 13.9. The fourth-order valence-corrected chi connectivity index (χ4v) is 1.86. The van der Waals surface area contributed by atoms with Crippen molar-refractivity contribution in [3.8, 4) is 0 Å². The maximum atomic E-state index is 12.0. The van der Waals surface area contributed by atoms with Crippen LogP contribution >= 0.6 is 0 Å². The van der Waals surface area contributed by atoms with Gasteiger partial charge in [-0.1, -0.05) is 0 Å². The van der Waals surface area contributed by atoms with Crippen LogP contribution in [-0.4, -0.2) is 59.3 Å². The van der Waals surface area contributed by atoms with Gasteiger partial charge in [-0.15, -0.1) is 0 Å². The Hall–Kier alpha value is -1.47. The summed E-state index contributed by atoms with van der Waals surface area (Å²) in [6.45, 7) is -0.197. The Labute approximate surface area is 102 Å². The normalized spacial score (nSPS) is 20.0. The summed E-state index contributed by atoms with van der Waals surface area (Å²) in [5, 5.41) is 8.88. The Kier molecular flexibility index (Phi) is 4.42. The zero-order valence-corrected chi connectivity index (χ0v) is 9.90. The number of carboxylic acids is 1. The highest BCUT2D eigenvalue weighted by Gasteiger charge is 2.36. The van der Waals surface area contributed by atoms with Gasteiger partial charge < -0.3 is 14.9 Å². The maximum absolute atomic E-state index is 12.0. The van der Waals surface area contributed by atoms with Crippen LogP contribution in [-0.2, 0) is 4.79 Å². The van der Waals surface area contributed by atoms with Gasteiger partial charge in [0, 0.05) is 20.1 Å². The summed E-state index contributed by atoms with van der Waals surface area (Å²) in [7, 11) is 1.24. The van der Waals surface area contributed by atoms with E-state index in [1.54, 1.807) is 0 Å². The minimum Gasteiger partial charge on any atom is -0.480 e. The minimum atomic E-state index is -4.33. The molecular formula is C10H15F3N2O3. The van der Waals surface area contributed by atoms with E-state index in [0.29, 0.717) is 12.8 Å². The molecular weight excluding hydrogens is 253 g/mol. The van der Waals surface area contributed by atoms with E-state index in [4.69, 9.17) is 5.11 Å². The lowest BCUT2D eigenvalue weighted by molar-refractivity contribution is -0.142. The second-order valence-electron chi connectivity index (χ2n) is 4.26. The van der Waals surface area contributed by atoms with Crippen LogP contribution in [0.4, 0.5) is 18.0 Å². The van der Waals surface area contributed by atoms with Gasteiger partial charge in [-0.05, 0) is 12.8 Å². The maximum Gasteiger partial charge on any atom is 0.390 e. The van der Waals surface area contributed by atoms with Crippen molar-refractivity contribution in [3.05, 3.63) is 0 Å². The number of nitrogens with zero attached hydrogens (tertiary/aromatic N) is 2. The average molecular weight is 268 g/mol. The van der Waals surface area contributed by atoms with E-state index in [1.165, 1.54) is 7.05 Å². The van der Waals surface area contributed by atoms with Gasteiger partial charge in [0.25, 0.3) is 0 Å². The molecule has 0 radical (unpaired) electrons. The van der Waals surface area contributed by atoms with E-state index in [1.807, 2.05) is 0 Å². The van der Waals surface area contributed by atoms with Crippen molar-refractivity contribution in [2.45, 2.75) is 31.5 Å². The molecule has 0 aromatic heterocycles. The molecule has 1 unspecified atom stereocenters. The van der Waals surface area contributed by atoms with Crippen molar-refractivity contribution in [3.63, 3.8) is 0 Å². The highest BCUT2D eigenvalue weighted by molar-refractivity contribution is 5.83. The molecule has 1 atom stereocenters. The summed E-state index contributed by atoms with van der Waals surface area (Å²) in [4.78, 5) is 24.7. The number of alkyl halides is 3. The third-order valence-corrected chi connectivity index (χ3v) is 2.84. The highest BCUT2D eigenvalue weighted by Crippen LogP contribution is 2.22. The monoisotopic (exact) mass is 268 g/mol. The molecule has 0 aromatic rings. The number of halogens is 3. The molecule has 8 heteroatoms. The largest absolute Gasteiger partial charge is 0.480 e. The Morgan fingerprint density at radius 2 is 2.06 bits per heavy atom. The number of likely N-dealkylation sites (tertiary alicyclic amines) is 1. The quantitative estimate of drug-likeness (QED) is 0.844. The Morgan fingerprint density at radius 1 is 1.44 bits per heavy atom. The molecule has 104 valence electrons. The summed E-state index contributed by atoms with van der Waals surface area (Å²) in [6, 6.07) is -1.59. The second kappa shape index (κ2) is 5.45. The van der Waals surface area contributed by atoms with Gasteiger partial charge in [0.2, 0.25) is 0 Å². The molecule has 0 aromatic carbocycles. The van der Waals surface area contributed by atoms with Gasteiger partial charge in [0.1, 0.15) is 6.04 Å². The highest BCUT2D eigenvalue weighted by atomic mass is 19.4. The van der Waals surface area contributed by atoms with Gasteiger partial charge in [-0.2, -0.15) is 13.2 Å². The molecule has 1 aliphatic rings. The summed E-state index contributed by atoms with van der Waals surface area (Å²) < 4.78 is 36.0. The van der Waals surface area contributed by atoms with Crippen molar-refractivity contribution in [2.24, 2.45) is 0 Å². The molecule has 18 heavy (non-hydrogen) atoms. The smallest absolute Gasteiger partial charge is 0.390 e. The van der Waals surface area contributed by atoms with Crippen molar-refractivity contribution in [1.29, 1.82) is 0 Å². The fourth-order valence-electron chi connectivity index (χ4n) is 1.86. The first-order chi connectivity index (χ1) is 8.22. The molecule has 1 rings (SSSR count). The predicted octanol–water partition coefficient (Wildman–Crippen LogP) is 1.54. The molecule has 1 saturated heterocycles. The Bertz CT molecular complexity index is 333. The molecule has 1 N–H and O–H groups in total. The number of amides is 2. The molecule has 0 aliphatic carbocycles. The predicted molar refractivity (Wildman–Crippen MR) is 56.1 cm³/mol. The van der Waals surface area contributed by atoms with E-state index >= 15 is 0 Å². The van der Waals surface area contributed by atoms with Crippen LogP contribution in [0, 0.1) is 0 Å². The lowest BCUT2D eigenvalue weighted by atomic mass is 10.2. The molecule has 0 bridgehead atoms. The standard InChI is InChI=1S/C10H15F3N2O3/c1-14(6-4-10(11,12)13)9(18)15-5-2-3-7(15)8(16)17/h7H,2-6H2,1H3,(H,16,17). The van der Waals surface area contributed by atoms with Crippen molar-refractivity contribution in [1.82, 2.24) is 9.80 Å². The van der Waals surface area contributed by atoms with Crippen molar-refractivity contribution >= 4 is 12.0 Å². The van der Waals surface area contributed by atoms with Crippen LogP contribution in [0.1, 0.15) is 19.3 Å². The summed E-state index contributed by atoms with van der Waals surface area (Å²) >= 11 is 0. The van der Waals surface area contributed by atoms with Crippen LogP contribution in [0.5, 0.6) is 0 Å². The number of rotatable bonds is 3. The molecule has 0 spiro atoms. The molecule has 5 nitrogen and oxygen atoms in total. The van der Waals surface area contributed by atoms with Gasteiger partial charge in [-0.3, -0.25) is 0 Å². The first-order valence-electron chi connectivity index (χ1n) is 5.53. The van der Waals surface area contributed by atoms with Crippen molar-refractivity contribution < 1.29 is 27.9 Å².